The van der Waals surface area contributed by atoms with Crippen molar-refractivity contribution in [2.24, 2.45) is 5.92 Å². The molecule has 1 amide bonds. The van der Waals surface area contributed by atoms with Gasteiger partial charge in [-0.2, -0.15) is 0 Å². The number of aliphatic carboxylic acids is 1. The van der Waals surface area contributed by atoms with Gasteiger partial charge in [-0.1, -0.05) is 42.5 Å². The number of carboxylic acids is 1. The van der Waals surface area contributed by atoms with Crippen molar-refractivity contribution in [3.05, 3.63) is 48.0 Å². The van der Waals surface area contributed by atoms with Crippen molar-refractivity contribution < 1.29 is 14.7 Å². The lowest BCUT2D eigenvalue weighted by atomic mass is 10.0. The fraction of sp³-hybridized carbons (Fsp3) is 0.400. The molecule has 2 aromatic carbocycles. The van der Waals surface area contributed by atoms with E-state index in [1.165, 1.54) is 16.3 Å². The molecule has 0 radical (unpaired) electrons. The molecule has 24 heavy (non-hydrogen) atoms. The first-order valence-corrected chi connectivity index (χ1v) is 8.61. The standard InChI is InChI=1S/C20H23NO3/c22-19(21-18-11-10-17(13-18)20(23)24)7-3-4-14-8-9-15-5-1-2-6-16(15)12-14/h1-2,5-6,8-9,12,17-18H,3-4,7,10-11,13H2,(H,21,22)(H,23,24)/t17-,18+/m1/s1. The van der Waals surface area contributed by atoms with Crippen molar-refractivity contribution in [3.63, 3.8) is 0 Å². The largest absolute Gasteiger partial charge is 0.481 e. The van der Waals surface area contributed by atoms with Gasteiger partial charge in [0.2, 0.25) is 5.91 Å². The maximum absolute atomic E-state index is 12.0. The van der Waals surface area contributed by atoms with Crippen LogP contribution >= 0.6 is 0 Å². The summed E-state index contributed by atoms with van der Waals surface area (Å²) in [5, 5.41) is 14.4. The minimum atomic E-state index is -0.747. The molecule has 0 bridgehead atoms. The molecule has 0 spiro atoms. The highest BCUT2D eigenvalue weighted by Gasteiger charge is 2.30. The molecule has 4 heteroatoms. The first-order valence-electron chi connectivity index (χ1n) is 8.61. The fourth-order valence-electron chi connectivity index (χ4n) is 3.48. The van der Waals surface area contributed by atoms with Gasteiger partial charge in [0.15, 0.2) is 0 Å². The molecule has 1 aliphatic carbocycles. The fourth-order valence-corrected chi connectivity index (χ4v) is 3.48. The van der Waals surface area contributed by atoms with Gasteiger partial charge in [-0.3, -0.25) is 9.59 Å². The highest BCUT2D eigenvalue weighted by molar-refractivity contribution is 5.83. The monoisotopic (exact) mass is 325 g/mol. The van der Waals surface area contributed by atoms with Gasteiger partial charge in [0.1, 0.15) is 0 Å². The molecule has 0 aliphatic heterocycles. The van der Waals surface area contributed by atoms with Crippen LogP contribution < -0.4 is 5.32 Å². The number of aryl methyl sites for hydroxylation is 1. The van der Waals surface area contributed by atoms with Gasteiger partial charge in [-0.05, 0) is 48.4 Å². The number of fused-ring (bicyclic) bond motifs is 1. The third-order valence-electron chi connectivity index (χ3n) is 4.83. The van der Waals surface area contributed by atoms with Gasteiger partial charge in [0.25, 0.3) is 0 Å². The van der Waals surface area contributed by atoms with E-state index in [9.17, 15) is 9.59 Å². The average Bonchev–Trinajstić information content (AvgIpc) is 3.03. The molecule has 2 atom stereocenters. The van der Waals surface area contributed by atoms with Gasteiger partial charge >= 0.3 is 5.97 Å². The number of rotatable bonds is 6. The summed E-state index contributed by atoms with van der Waals surface area (Å²) < 4.78 is 0. The van der Waals surface area contributed by atoms with Crippen molar-refractivity contribution in [1.29, 1.82) is 0 Å². The van der Waals surface area contributed by atoms with Crippen LogP contribution in [0.3, 0.4) is 0 Å². The molecule has 1 fully saturated rings. The number of carboxylic acid groups (broad SMARTS) is 1. The summed E-state index contributed by atoms with van der Waals surface area (Å²) in [7, 11) is 0. The van der Waals surface area contributed by atoms with E-state index in [-0.39, 0.29) is 17.9 Å². The summed E-state index contributed by atoms with van der Waals surface area (Å²) >= 11 is 0. The van der Waals surface area contributed by atoms with E-state index in [0.29, 0.717) is 19.3 Å². The Morgan fingerprint density at radius 3 is 2.62 bits per heavy atom. The van der Waals surface area contributed by atoms with Crippen LogP contribution in [0, 0.1) is 5.92 Å². The molecular weight excluding hydrogens is 302 g/mol. The van der Waals surface area contributed by atoms with Gasteiger partial charge in [0.05, 0.1) is 5.92 Å². The highest BCUT2D eigenvalue weighted by atomic mass is 16.4. The lowest BCUT2D eigenvalue weighted by molar-refractivity contribution is -0.141. The van der Waals surface area contributed by atoms with Crippen molar-refractivity contribution >= 4 is 22.6 Å². The molecule has 1 aliphatic rings. The molecule has 2 N–H and O–H groups in total. The average molecular weight is 325 g/mol. The van der Waals surface area contributed by atoms with Crippen molar-refractivity contribution in [1.82, 2.24) is 5.32 Å². The molecule has 0 heterocycles. The van der Waals surface area contributed by atoms with Crippen molar-refractivity contribution in [2.75, 3.05) is 0 Å². The Bertz CT molecular complexity index is 740. The highest BCUT2D eigenvalue weighted by Crippen LogP contribution is 2.25. The lowest BCUT2D eigenvalue weighted by Gasteiger charge is -2.12. The molecule has 0 unspecified atom stereocenters. The smallest absolute Gasteiger partial charge is 0.306 e. The quantitative estimate of drug-likeness (QED) is 0.854. The Balaban J connectivity index is 1.44. The van der Waals surface area contributed by atoms with Crippen LogP contribution in [-0.4, -0.2) is 23.0 Å². The van der Waals surface area contributed by atoms with E-state index < -0.39 is 5.97 Å². The number of hydrogen-bond donors (Lipinski definition) is 2. The Hall–Kier alpha value is -2.36. The first kappa shape index (κ1) is 16.5. The Kier molecular flexibility index (Phi) is 5.14. The van der Waals surface area contributed by atoms with E-state index >= 15 is 0 Å². The summed E-state index contributed by atoms with van der Waals surface area (Å²) in [5.41, 5.74) is 1.24. The number of nitrogens with one attached hydrogen (secondary N) is 1. The van der Waals surface area contributed by atoms with E-state index in [1.807, 2.05) is 12.1 Å². The predicted octanol–water partition coefficient (Wildman–Crippen LogP) is 3.53. The molecule has 4 nitrogen and oxygen atoms in total. The van der Waals surface area contributed by atoms with E-state index in [0.717, 1.165) is 19.3 Å². The molecule has 3 rings (SSSR count). The number of amides is 1. The SMILES string of the molecule is O=C(CCCc1ccc2ccccc2c1)N[C@H]1CC[C@@H](C(=O)O)C1. The molecule has 2 aromatic rings. The second-order valence-corrected chi connectivity index (χ2v) is 6.65. The molecular formula is C20H23NO3. The topological polar surface area (TPSA) is 66.4 Å². The zero-order valence-corrected chi connectivity index (χ0v) is 13.7. The van der Waals surface area contributed by atoms with Crippen LogP contribution in [-0.2, 0) is 16.0 Å². The summed E-state index contributed by atoms with van der Waals surface area (Å²) in [4.78, 5) is 23.0. The third-order valence-corrected chi connectivity index (χ3v) is 4.83. The van der Waals surface area contributed by atoms with Gasteiger partial charge in [0, 0.05) is 12.5 Å². The second kappa shape index (κ2) is 7.47. The van der Waals surface area contributed by atoms with E-state index in [2.05, 4.69) is 35.6 Å². The Morgan fingerprint density at radius 1 is 1.08 bits per heavy atom. The van der Waals surface area contributed by atoms with Crippen LogP contribution in [0.25, 0.3) is 10.8 Å². The Labute approximate surface area is 141 Å². The summed E-state index contributed by atoms with van der Waals surface area (Å²) in [6, 6.07) is 14.7. The third kappa shape index (κ3) is 4.13. The second-order valence-electron chi connectivity index (χ2n) is 6.65. The van der Waals surface area contributed by atoms with Crippen LogP contribution in [0.4, 0.5) is 0 Å². The maximum atomic E-state index is 12.0. The first-order chi connectivity index (χ1) is 11.6. The van der Waals surface area contributed by atoms with Crippen molar-refractivity contribution in [2.45, 2.75) is 44.6 Å². The normalized spacial score (nSPS) is 20.2. The minimum absolute atomic E-state index is 0.0271. The predicted molar refractivity (Wildman–Crippen MR) is 93.8 cm³/mol. The van der Waals surface area contributed by atoms with E-state index in [4.69, 9.17) is 5.11 Å². The van der Waals surface area contributed by atoms with Gasteiger partial charge in [-0.15, -0.1) is 0 Å². The number of carbonyl (C=O) groups is 2. The lowest BCUT2D eigenvalue weighted by Crippen LogP contribution is -2.33. The van der Waals surface area contributed by atoms with E-state index in [1.54, 1.807) is 0 Å². The molecule has 126 valence electrons. The Morgan fingerprint density at radius 2 is 1.88 bits per heavy atom. The van der Waals surface area contributed by atoms with Crippen LogP contribution in [0.5, 0.6) is 0 Å². The zero-order valence-electron chi connectivity index (χ0n) is 13.7. The summed E-state index contributed by atoms with van der Waals surface area (Å²) in [6.07, 6.45) is 4.16. The summed E-state index contributed by atoms with van der Waals surface area (Å²) in [6.45, 7) is 0. The van der Waals surface area contributed by atoms with Crippen LogP contribution in [0.15, 0.2) is 42.5 Å². The number of hydrogen-bond acceptors (Lipinski definition) is 2. The van der Waals surface area contributed by atoms with Crippen molar-refractivity contribution in [3.8, 4) is 0 Å². The van der Waals surface area contributed by atoms with Gasteiger partial charge in [-0.25, -0.2) is 0 Å². The van der Waals surface area contributed by atoms with Crippen LogP contribution in [0.2, 0.25) is 0 Å². The molecule has 0 saturated heterocycles. The minimum Gasteiger partial charge on any atom is -0.481 e. The number of benzene rings is 2. The molecule has 1 saturated carbocycles. The van der Waals surface area contributed by atoms with Crippen LogP contribution in [0.1, 0.15) is 37.7 Å². The molecule has 0 aromatic heterocycles. The zero-order chi connectivity index (χ0) is 16.9. The summed E-state index contributed by atoms with van der Waals surface area (Å²) in [5.74, 6) is -1.01. The van der Waals surface area contributed by atoms with Gasteiger partial charge < -0.3 is 10.4 Å². The maximum Gasteiger partial charge on any atom is 0.306 e. The number of carbonyl (C=O) groups excluding carboxylic acids is 1.